The lowest BCUT2D eigenvalue weighted by atomic mass is 10.0. The molecule has 3 aromatic rings. The van der Waals surface area contributed by atoms with Crippen LogP contribution < -0.4 is 4.74 Å². The van der Waals surface area contributed by atoms with Crippen molar-refractivity contribution in [1.29, 1.82) is 0 Å². The minimum atomic E-state index is -3.79. The molecule has 0 aliphatic rings. The minimum Gasteiger partial charge on any atom is -0.490 e. The normalized spacial score (nSPS) is 12.3. The molecule has 0 amide bonds. The predicted octanol–water partition coefficient (Wildman–Crippen LogP) is 4.90. The molecule has 0 radical (unpaired) electrons. The van der Waals surface area contributed by atoms with Crippen LogP contribution in [-0.4, -0.2) is 44.5 Å². The third kappa shape index (κ3) is 4.29. The van der Waals surface area contributed by atoms with Gasteiger partial charge in [-0.15, -0.1) is 0 Å². The summed E-state index contributed by atoms with van der Waals surface area (Å²) in [6.07, 6.45) is 0. The molecule has 29 heavy (non-hydrogen) atoms. The Morgan fingerprint density at radius 2 is 1.76 bits per heavy atom. The van der Waals surface area contributed by atoms with E-state index in [2.05, 4.69) is 13.8 Å². The molecule has 0 unspecified atom stereocenters. The van der Waals surface area contributed by atoms with E-state index in [1.165, 1.54) is 3.97 Å². The lowest BCUT2D eigenvalue weighted by Crippen LogP contribution is -2.20. The highest BCUT2D eigenvalue weighted by Gasteiger charge is 2.26. The van der Waals surface area contributed by atoms with Crippen LogP contribution in [0, 0.1) is 6.92 Å². The van der Waals surface area contributed by atoms with E-state index in [0.29, 0.717) is 39.9 Å². The summed E-state index contributed by atoms with van der Waals surface area (Å²) in [5.74, 6) is 0.881. The first-order chi connectivity index (χ1) is 13.6. The second-order valence-corrected chi connectivity index (χ2v) is 9.94. The first kappa shape index (κ1) is 21.7. The molecule has 156 valence electrons. The first-order valence-electron chi connectivity index (χ1n) is 9.56. The number of nitrogens with zero attached hydrogens (tertiary/aromatic N) is 2. The number of halogens is 1. The fraction of sp³-hybridized carbons (Fsp3) is 0.364. The van der Waals surface area contributed by atoms with Crippen molar-refractivity contribution in [2.75, 3.05) is 27.2 Å². The van der Waals surface area contributed by atoms with Crippen molar-refractivity contribution in [3.05, 3.63) is 58.7 Å². The van der Waals surface area contributed by atoms with Crippen LogP contribution in [0.15, 0.2) is 47.4 Å². The lowest BCUT2D eigenvalue weighted by Gasteiger charge is -2.13. The van der Waals surface area contributed by atoms with Crippen LogP contribution >= 0.6 is 11.6 Å². The van der Waals surface area contributed by atoms with E-state index in [9.17, 15) is 8.42 Å². The molecular formula is C22H27ClN2O3S. The quantitative estimate of drug-likeness (QED) is 0.530. The monoisotopic (exact) mass is 434 g/mol. The van der Waals surface area contributed by atoms with Crippen molar-refractivity contribution >= 4 is 32.5 Å². The van der Waals surface area contributed by atoms with Gasteiger partial charge in [-0.25, -0.2) is 12.4 Å². The molecule has 0 aliphatic carbocycles. The van der Waals surface area contributed by atoms with Gasteiger partial charge in [0.2, 0.25) is 0 Å². The zero-order valence-corrected chi connectivity index (χ0v) is 19.0. The van der Waals surface area contributed by atoms with Gasteiger partial charge in [0.05, 0.1) is 16.1 Å². The van der Waals surface area contributed by atoms with Crippen LogP contribution in [-0.2, 0) is 10.0 Å². The summed E-state index contributed by atoms with van der Waals surface area (Å²) in [5, 5.41) is 1.22. The molecule has 0 saturated carbocycles. The van der Waals surface area contributed by atoms with Crippen LogP contribution in [0.5, 0.6) is 5.75 Å². The van der Waals surface area contributed by atoms with Crippen LogP contribution in [0.4, 0.5) is 0 Å². The van der Waals surface area contributed by atoms with Gasteiger partial charge in [-0.05, 0) is 62.8 Å². The summed E-state index contributed by atoms with van der Waals surface area (Å²) in [7, 11) is 0.131. The maximum Gasteiger partial charge on any atom is 0.268 e. The summed E-state index contributed by atoms with van der Waals surface area (Å²) in [5.41, 5.74) is 2.19. The van der Waals surface area contributed by atoms with E-state index >= 15 is 0 Å². The topological polar surface area (TPSA) is 51.5 Å². The SMILES string of the molecule is Cc1c(OCCN(C)C)c2cc(Cl)ccc2n1S(=O)(=O)c1ccc(C(C)C)cc1. The molecule has 2 aromatic carbocycles. The highest BCUT2D eigenvalue weighted by molar-refractivity contribution is 7.90. The van der Waals surface area contributed by atoms with E-state index < -0.39 is 10.0 Å². The molecule has 0 saturated heterocycles. The van der Waals surface area contributed by atoms with Crippen molar-refractivity contribution in [2.45, 2.75) is 31.6 Å². The minimum absolute atomic E-state index is 0.247. The van der Waals surface area contributed by atoms with Gasteiger partial charge in [0.15, 0.2) is 0 Å². The molecular weight excluding hydrogens is 408 g/mol. The van der Waals surface area contributed by atoms with Crippen molar-refractivity contribution < 1.29 is 13.2 Å². The maximum atomic E-state index is 13.5. The Labute approximate surface area is 177 Å². The average molecular weight is 435 g/mol. The number of hydrogen-bond acceptors (Lipinski definition) is 4. The third-order valence-electron chi connectivity index (χ3n) is 4.93. The Morgan fingerprint density at radius 1 is 1.10 bits per heavy atom. The van der Waals surface area contributed by atoms with E-state index in [4.69, 9.17) is 16.3 Å². The predicted molar refractivity (Wildman–Crippen MR) is 119 cm³/mol. The molecule has 1 heterocycles. The molecule has 0 atom stereocenters. The largest absolute Gasteiger partial charge is 0.490 e. The van der Waals surface area contributed by atoms with Crippen molar-refractivity contribution in [2.24, 2.45) is 0 Å². The highest BCUT2D eigenvalue weighted by Crippen LogP contribution is 2.37. The molecule has 0 fully saturated rings. The molecule has 1 aromatic heterocycles. The third-order valence-corrected chi connectivity index (χ3v) is 6.98. The Morgan fingerprint density at radius 3 is 2.34 bits per heavy atom. The number of likely N-dealkylation sites (N-methyl/N-ethyl adjacent to an activating group) is 1. The van der Waals surface area contributed by atoms with Crippen molar-refractivity contribution in [3.8, 4) is 5.75 Å². The van der Waals surface area contributed by atoms with E-state index in [0.717, 1.165) is 12.1 Å². The van der Waals surface area contributed by atoms with Gasteiger partial charge >= 0.3 is 0 Å². The summed E-state index contributed by atoms with van der Waals surface area (Å²) >= 11 is 6.19. The standard InChI is InChI=1S/C22H27ClN2O3S/c1-15(2)17-6-9-19(10-7-17)29(26,27)25-16(3)22(28-13-12-24(4)5)20-14-18(23)8-11-21(20)25/h6-11,14-15H,12-13H2,1-5H3. The lowest BCUT2D eigenvalue weighted by molar-refractivity contribution is 0.262. The molecule has 5 nitrogen and oxygen atoms in total. The summed E-state index contributed by atoms with van der Waals surface area (Å²) in [6.45, 7) is 7.08. The molecule has 0 bridgehead atoms. The van der Waals surface area contributed by atoms with Gasteiger partial charge in [0.1, 0.15) is 12.4 Å². The van der Waals surface area contributed by atoms with Crippen LogP contribution in [0.2, 0.25) is 5.02 Å². The second kappa shape index (κ2) is 8.38. The average Bonchev–Trinajstić information content (AvgIpc) is 2.93. The van der Waals surface area contributed by atoms with E-state index in [1.807, 2.05) is 31.1 Å². The van der Waals surface area contributed by atoms with Crippen molar-refractivity contribution in [1.82, 2.24) is 8.87 Å². The van der Waals surface area contributed by atoms with Crippen LogP contribution in [0.1, 0.15) is 31.0 Å². The number of fused-ring (bicyclic) bond motifs is 1. The number of benzene rings is 2. The zero-order chi connectivity index (χ0) is 21.3. The summed E-state index contributed by atoms with van der Waals surface area (Å²) in [6, 6.07) is 12.2. The van der Waals surface area contributed by atoms with E-state index in [-0.39, 0.29) is 4.90 Å². The second-order valence-electron chi connectivity index (χ2n) is 7.72. The van der Waals surface area contributed by atoms with Gasteiger partial charge in [-0.3, -0.25) is 0 Å². The number of ether oxygens (including phenoxy) is 1. The summed E-state index contributed by atoms with van der Waals surface area (Å²) in [4.78, 5) is 2.26. The van der Waals surface area contributed by atoms with Crippen LogP contribution in [0.3, 0.4) is 0 Å². The number of hydrogen-bond donors (Lipinski definition) is 0. The van der Waals surface area contributed by atoms with E-state index in [1.54, 1.807) is 37.3 Å². The molecule has 0 aliphatic heterocycles. The molecule has 0 N–H and O–H groups in total. The summed E-state index contributed by atoms with van der Waals surface area (Å²) < 4.78 is 34.3. The van der Waals surface area contributed by atoms with Crippen LogP contribution in [0.25, 0.3) is 10.9 Å². The Kier molecular flexibility index (Phi) is 6.27. The smallest absolute Gasteiger partial charge is 0.268 e. The van der Waals surface area contributed by atoms with Crippen molar-refractivity contribution in [3.63, 3.8) is 0 Å². The van der Waals surface area contributed by atoms with Gasteiger partial charge < -0.3 is 9.64 Å². The molecule has 7 heteroatoms. The number of rotatable bonds is 7. The Hall–Kier alpha value is -2.02. The molecule has 3 rings (SSSR count). The van der Waals surface area contributed by atoms with Gasteiger partial charge in [-0.2, -0.15) is 0 Å². The fourth-order valence-corrected chi connectivity index (χ4v) is 5.01. The van der Waals surface area contributed by atoms with Gasteiger partial charge in [-0.1, -0.05) is 37.6 Å². The highest BCUT2D eigenvalue weighted by atomic mass is 35.5. The zero-order valence-electron chi connectivity index (χ0n) is 17.4. The van der Waals surface area contributed by atoms with Gasteiger partial charge in [0.25, 0.3) is 10.0 Å². The Balaban J connectivity index is 2.14. The van der Waals surface area contributed by atoms with Gasteiger partial charge in [0, 0.05) is 17.0 Å². The maximum absolute atomic E-state index is 13.5. The molecule has 0 spiro atoms. The first-order valence-corrected chi connectivity index (χ1v) is 11.4. The fourth-order valence-electron chi connectivity index (χ4n) is 3.29. The Bertz CT molecular complexity index is 1120. The number of aromatic nitrogens is 1.